The number of aromatic nitrogens is 1. The maximum atomic E-state index is 14.4. The fourth-order valence-electron chi connectivity index (χ4n) is 7.29. The lowest BCUT2D eigenvalue weighted by Gasteiger charge is -2.29. The summed E-state index contributed by atoms with van der Waals surface area (Å²) in [6.45, 7) is 7.37. The minimum absolute atomic E-state index is 0.00806. The van der Waals surface area contributed by atoms with Gasteiger partial charge in [-0.3, -0.25) is 39.7 Å². The van der Waals surface area contributed by atoms with Gasteiger partial charge in [0.2, 0.25) is 17.7 Å². The molecule has 366 valence electrons. The first-order valence-corrected chi connectivity index (χ1v) is 22.6. The Hall–Kier alpha value is -7.89. The predicted octanol–water partition coefficient (Wildman–Crippen LogP) is 1.48. The summed E-state index contributed by atoms with van der Waals surface area (Å²) in [6, 6.07) is 15.2. The molecule has 0 saturated carbocycles. The average molecular weight is 947 g/mol. The van der Waals surface area contributed by atoms with Gasteiger partial charge in [-0.1, -0.05) is 78.6 Å². The molecule has 5 rings (SSSR count). The zero-order chi connectivity index (χ0) is 49.9. The third kappa shape index (κ3) is 15.9. The molecule has 3 aromatic carbocycles. The lowest BCUT2D eigenvalue weighted by Crippen LogP contribution is -2.61. The fraction of sp³-hybridized carbons (Fsp3) is 0.367. The highest BCUT2D eigenvalue weighted by Crippen LogP contribution is 2.20. The smallest absolute Gasteiger partial charge is 0.337 e. The maximum Gasteiger partial charge on any atom is 0.337 e. The normalized spacial score (nSPS) is 20.3. The lowest BCUT2D eigenvalue weighted by molar-refractivity contribution is -0.131. The molecule has 4 aromatic rings. The number of urea groups is 2. The molecule has 2 heterocycles. The molecule has 9 amide bonds. The second-order valence-electron chi connectivity index (χ2n) is 16.6. The number of hydrogen-bond acceptors (Lipinski definition) is 10. The van der Waals surface area contributed by atoms with Gasteiger partial charge in [-0.25, -0.2) is 19.6 Å². The van der Waals surface area contributed by atoms with Gasteiger partial charge in [-0.15, -0.1) is 6.58 Å². The van der Waals surface area contributed by atoms with Crippen LogP contribution in [0.4, 0.5) is 9.59 Å². The van der Waals surface area contributed by atoms with Crippen LogP contribution in [0, 0.1) is 11.8 Å². The van der Waals surface area contributed by atoms with Crippen molar-refractivity contribution in [3.63, 3.8) is 0 Å². The van der Waals surface area contributed by atoms with E-state index >= 15 is 0 Å². The van der Waals surface area contributed by atoms with Gasteiger partial charge in [0.05, 0.1) is 26.2 Å². The van der Waals surface area contributed by atoms with E-state index in [1.807, 2.05) is 29.2 Å². The summed E-state index contributed by atoms with van der Waals surface area (Å²) < 4.78 is 5.30. The van der Waals surface area contributed by atoms with Crippen molar-refractivity contribution in [2.45, 2.75) is 82.7 Å². The van der Waals surface area contributed by atoms with Crippen molar-refractivity contribution in [2.24, 2.45) is 11.5 Å². The number of ether oxygens (including phenoxy) is 1. The number of nitrogens with one attached hydrogen (secondary N) is 7. The van der Waals surface area contributed by atoms with E-state index in [4.69, 9.17) is 16.2 Å². The van der Waals surface area contributed by atoms with Gasteiger partial charge >= 0.3 is 12.1 Å². The van der Waals surface area contributed by atoms with Crippen LogP contribution in [0.15, 0.2) is 97.7 Å². The van der Waals surface area contributed by atoms with Gasteiger partial charge in [0.25, 0.3) is 11.8 Å². The molecule has 1 aromatic heterocycles. The van der Waals surface area contributed by atoms with E-state index in [2.05, 4.69) is 55.5 Å². The Bertz CT molecular complexity index is 2490. The monoisotopic (exact) mass is 946 g/mol. The van der Waals surface area contributed by atoms with Crippen LogP contribution in [0.5, 0.6) is 5.75 Å². The van der Waals surface area contributed by atoms with Gasteiger partial charge in [0, 0.05) is 36.5 Å². The number of benzene rings is 3. The van der Waals surface area contributed by atoms with E-state index < -0.39 is 71.8 Å². The minimum Gasteiger partial charge on any atom is -0.497 e. The molecule has 0 spiro atoms. The number of aromatic amines is 1. The van der Waals surface area contributed by atoms with E-state index in [1.54, 1.807) is 66.9 Å². The number of methoxy groups -OCH3 is 1. The fourth-order valence-corrected chi connectivity index (χ4v) is 7.29. The van der Waals surface area contributed by atoms with Crippen LogP contribution in [-0.4, -0.2) is 125 Å². The highest BCUT2D eigenvalue weighted by Gasteiger charge is 2.32. The number of hydrazine groups is 2. The molecule has 0 aliphatic carbocycles. The van der Waals surface area contributed by atoms with Crippen LogP contribution in [0.1, 0.15) is 49.8 Å². The molecule has 1 aliphatic heterocycles. The van der Waals surface area contributed by atoms with Gasteiger partial charge in [-0.2, -0.15) is 0 Å². The number of carbonyl (C=O) groups excluding carboxylic acids is 7. The molecule has 1 aliphatic rings. The Morgan fingerprint density at radius 1 is 0.841 bits per heavy atom. The van der Waals surface area contributed by atoms with Crippen LogP contribution in [0.2, 0.25) is 0 Å². The molecule has 69 heavy (non-hydrogen) atoms. The van der Waals surface area contributed by atoms with Crippen LogP contribution in [0.3, 0.4) is 0 Å². The number of amides is 9. The Kier molecular flexibility index (Phi) is 19.5. The topological polar surface area (TPSA) is 278 Å². The summed E-state index contributed by atoms with van der Waals surface area (Å²) in [4.78, 5) is 102. The lowest BCUT2D eigenvalue weighted by atomic mass is 10.0. The average Bonchev–Trinajstić information content (AvgIpc) is 3.74. The van der Waals surface area contributed by atoms with E-state index in [0.29, 0.717) is 48.4 Å². The second kappa shape index (κ2) is 25.9. The molecule has 0 fully saturated rings. The minimum atomic E-state index is -1.33. The summed E-state index contributed by atoms with van der Waals surface area (Å²) in [6.07, 6.45) is 4.59. The van der Waals surface area contributed by atoms with E-state index in [1.165, 1.54) is 21.0 Å². The van der Waals surface area contributed by atoms with Crippen LogP contribution in [-0.2, 0) is 43.4 Å². The Labute approximate surface area is 401 Å². The number of primary amides is 1. The van der Waals surface area contributed by atoms with Crippen molar-refractivity contribution in [3.05, 3.63) is 114 Å². The summed E-state index contributed by atoms with van der Waals surface area (Å²) in [5.74, 6) is 2.73. The first-order valence-electron chi connectivity index (χ1n) is 22.6. The molecule has 20 heteroatoms. The number of nitrogens with two attached hydrogens (primary N) is 2. The van der Waals surface area contributed by atoms with Crippen molar-refractivity contribution in [2.75, 3.05) is 33.3 Å². The highest BCUT2D eigenvalue weighted by atomic mass is 16.5. The number of carbonyl (C=O) groups is 7. The third-order valence-electron chi connectivity index (χ3n) is 11.2. The molecule has 5 atom stereocenters. The van der Waals surface area contributed by atoms with Crippen molar-refractivity contribution < 1.29 is 38.3 Å². The van der Waals surface area contributed by atoms with E-state index in [9.17, 15) is 33.6 Å². The Morgan fingerprint density at radius 2 is 1.51 bits per heavy atom. The van der Waals surface area contributed by atoms with Gasteiger partial charge in [0.15, 0.2) is 0 Å². The second-order valence-corrected chi connectivity index (χ2v) is 16.6. The number of hydrogen-bond donors (Lipinski definition) is 9. The molecule has 0 bridgehead atoms. The van der Waals surface area contributed by atoms with E-state index in [-0.39, 0.29) is 38.9 Å². The highest BCUT2D eigenvalue weighted by molar-refractivity contribution is 5.95. The quantitative estimate of drug-likeness (QED) is 0.0729. The summed E-state index contributed by atoms with van der Waals surface area (Å²) >= 11 is 0. The third-order valence-corrected chi connectivity index (χ3v) is 11.2. The van der Waals surface area contributed by atoms with Gasteiger partial charge in [0.1, 0.15) is 36.5 Å². The summed E-state index contributed by atoms with van der Waals surface area (Å²) in [5, 5.41) is 13.5. The van der Waals surface area contributed by atoms with Crippen molar-refractivity contribution in [3.8, 4) is 17.6 Å². The first-order chi connectivity index (χ1) is 33.1. The molecule has 11 N–H and O–H groups in total. The number of fused-ring (bicyclic) bond motifs is 1. The zero-order valence-corrected chi connectivity index (χ0v) is 39.1. The summed E-state index contributed by atoms with van der Waals surface area (Å²) in [7, 11) is 1.50. The maximum absolute atomic E-state index is 14.4. The zero-order valence-electron chi connectivity index (χ0n) is 39.1. The number of nitrogens with zero attached hydrogens (tertiary/aromatic N) is 3. The number of para-hydroxylation sites is 1. The Balaban J connectivity index is 1.51. The van der Waals surface area contributed by atoms with Crippen molar-refractivity contribution >= 4 is 52.5 Å². The van der Waals surface area contributed by atoms with Crippen LogP contribution < -0.4 is 48.3 Å². The molecule has 0 saturated heterocycles. The van der Waals surface area contributed by atoms with Crippen molar-refractivity contribution in [1.29, 1.82) is 0 Å². The van der Waals surface area contributed by atoms with Crippen molar-refractivity contribution in [1.82, 2.24) is 52.0 Å². The van der Waals surface area contributed by atoms with Crippen LogP contribution in [0.25, 0.3) is 10.9 Å². The standard InChI is InChI=1S/C49H62N12O8/c1-5-24-59-25-12-11-19-40(43(51)62)54-47(66)41(28-34-15-7-6-8-16-34)55-49(68)61(31-35-20-22-37(69-4)23-21-35)58-45(64)33(3)53-46(65)42(29-36-30-52-39-18-10-9-17-38(36)39)56-48(67)60(27-14-13-26-59)57-44(63)32(2)50/h5-10,15-18,20-23,30,32-33,40-42,52H,1,11-12,19,24-29,31,50H2,2-4H3,(H2,51,62)(H,53,65)(H,54,66)(H,55,68)(H,56,67)(H,57,63)(H,58,64)/t32-,33+,40+,41-,42-/m1/s1. The molecule has 20 nitrogen and oxygen atoms in total. The van der Waals surface area contributed by atoms with Gasteiger partial charge < -0.3 is 42.5 Å². The molecule has 0 unspecified atom stereocenters. The Morgan fingerprint density at radius 3 is 2.20 bits per heavy atom. The number of rotatable bonds is 12. The molecular formula is C49H62N12O8. The number of H-pyrrole nitrogens is 1. The molecular weight excluding hydrogens is 885 g/mol. The molecule has 0 radical (unpaired) electrons. The predicted molar refractivity (Wildman–Crippen MR) is 259 cm³/mol. The van der Waals surface area contributed by atoms with E-state index in [0.717, 1.165) is 20.9 Å². The SMILES string of the molecule is C=CCN1CC#CCN(NC(=O)[C@@H](C)N)C(=O)N[C@H](Cc2c[nH]c3ccccc23)C(=O)N[C@@H](C)C(=O)NN(Cc2ccc(OC)cc2)C(=O)N[C@H](Cc2ccccc2)C(=O)N[C@H](C(N)=O)CCCC1. The van der Waals surface area contributed by atoms with Gasteiger partial charge in [-0.05, 0) is 74.5 Å². The first kappa shape index (κ1) is 52.1. The van der Waals surface area contributed by atoms with Crippen LogP contribution >= 0.6 is 0 Å². The summed E-state index contributed by atoms with van der Waals surface area (Å²) in [5.41, 5.74) is 19.4. The largest absolute Gasteiger partial charge is 0.497 e.